The highest BCUT2D eigenvalue weighted by molar-refractivity contribution is 7.98. The SMILES string of the molecule is CSCC[C@H](NC(=O)[C@H](Cc1ccccc1)NC(=O)CNC(=O)CNC(=O)[C@H](Cc1ccc(O)cc1)NC(=O)[C@@H](N)CCCN=C(N)N)C(=O)O. The number of guanidine groups is 1. The fourth-order valence-electron chi connectivity index (χ4n) is 4.61. The van der Waals surface area contributed by atoms with Gasteiger partial charge in [-0.15, -0.1) is 0 Å². The van der Waals surface area contributed by atoms with Gasteiger partial charge < -0.3 is 54.0 Å². The van der Waals surface area contributed by atoms with Crippen LogP contribution in [0.4, 0.5) is 0 Å². The highest BCUT2D eigenvalue weighted by Gasteiger charge is 2.27. The van der Waals surface area contributed by atoms with Crippen molar-refractivity contribution in [3.8, 4) is 5.75 Å². The topological polar surface area (TPSA) is 293 Å². The predicted octanol–water partition coefficient (Wildman–Crippen LogP) is -1.92. The normalized spacial score (nSPS) is 13.0. The summed E-state index contributed by atoms with van der Waals surface area (Å²) in [5.41, 5.74) is 17.9. The summed E-state index contributed by atoms with van der Waals surface area (Å²) in [5.74, 6) is -4.29. The van der Waals surface area contributed by atoms with Gasteiger partial charge in [-0.2, -0.15) is 11.8 Å². The molecule has 18 heteroatoms. The van der Waals surface area contributed by atoms with Gasteiger partial charge >= 0.3 is 5.97 Å². The maximum Gasteiger partial charge on any atom is 0.326 e. The molecule has 0 aliphatic rings. The van der Waals surface area contributed by atoms with Gasteiger partial charge in [-0.3, -0.25) is 29.0 Å². The summed E-state index contributed by atoms with van der Waals surface area (Å²) in [4.78, 5) is 80.0. The number of hydrogen-bond acceptors (Lipinski definition) is 10. The minimum Gasteiger partial charge on any atom is -0.508 e. The number of carboxylic acids is 1. The molecule has 0 heterocycles. The van der Waals surface area contributed by atoms with Crippen LogP contribution in [-0.2, 0) is 41.6 Å². The molecule has 0 aliphatic heterocycles. The molecular formula is C33H47N9O8S. The van der Waals surface area contributed by atoms with Crippen molar-refractivity contribution in [1.82, 2.24) is 26.6 Å². The number of nitrogens with two attached hydrogens (primary N) is 3. The fraction of sp³-hybridized carbons (Fsp3) is 0.424. The number of carbonyl (C=O) groups is 6. The van der Waals surface area contributed by atoms with Crippen molar-refractivity contribution in [2.75, 3.05) is 31.6 Å². The number of rotatable bonds is 22. The molecule has 51 heavy (non-hydrogen) atoms. The summed E-state index contributed by atoms with van der Waals surface area (Å²) in [6.45, 7) is -0.842. The van der Waals surface area contributed by atoms with Crippen molar-refractivity contribution in [2.24, 2.45) is 22.2 Å². The van der Waals surface area contributed by atoms with Gasteiger partial charge in [-0.05, 0) is 54.5 Å². The van der Waals surface area contributed by atoms with E-state index in [9.17, 15) is 39.0 Å². The van der Waals surface area contributed by atoms with E-state index in [0.29, 0.717) is 23.3 Å². The largest absolute Gasteiger partial charge is 0.508 e. The van der Waals surface area contributed by atoms with Crippen LogP contribution in [0.3, 0.4) is 0 Å². The van der Waals surface area contributed by atoms with E-state index in [0.717, 1.165) is 0 Å². The van der Waals surface area contributed by atoms with E-state index in [1.807, 2.05) is 6.26 Å². The summed E-state index contributed by atoms with van der Waals surface area (Å²) >= 11 is 1.43. The first kappa shape index (κ1) is 41.8. The Kier molecular flexibility index (Phi) is 18.3. The molecule has 4 atom stereocenters. The van der Waals surface area contributed by atoms with Crippen LogP contribution in [-0.4, -0.2) is 107 Å². The number of aliphatic imine (C=N–C) groups is 1. The lowest BCUT2D eigenvalue weighted by Crippen LogP contribution is -2.55. The molecule has 13 N–H and O–H groups in total. The zero-order valence-corrected chi connectivity index (χ0v) is 29.1. The Bertz CT molecular complexity index is 1490. The third kappa shape index (κ3) is 16.7. The standard InChI is InChI=1S/C33H47N9O8S/c1-51-15-13-24(32(49)50)41-31(48)26(16-20-6-3-2-4-7-20)40-28(45)19-38-27(44)18-39-30(47)25(17-21-9-11-22(43)12-10-21)42-29(46)23(34)8-5-14-37-33(35)36/h2-4,6-7,9-12,23-26,43H,5,8,13-19,34H2,1H3,(H,38,44)(H,39,47)(H,40,45)(H,41,48)(H,42,46)(H,49,50)(H4,35,36,37)/t23-,24-,25-,26-/m0/s1. The molecule has 0 spiro atoms. The van der Waals surface area contributed by atoms with Crippen molar-refractivity contribution in [3.63, 3.8) is 0 Å². The molecule has 0 fully saturated rings. The Balaban J connectivity index is 2.00. The molecule has 0 unspecified atom stereocenters. The molecule has 5 amide bonds. The van der Waals surface area contributed by atoms with Gasteiger partial charge in [0.15, 0.2) is 5.96 Å². The van der Waals surface area contributed by atoms with Crippen LogP contribution < -0.4 is 43.8 Å². The van der Waals surface area contributed by atoms with Crippen molar-refractivity contribution in [1.29, 1.82) is 0 Å². The number of amides is 5. The van der Waals surface area contributed by atoms with E-state index in [4.69, 9.17) is 17.2 Å². The number of phenols is 1. The Morgan fingerprint density at radius 2 is 1.33 bits per heavy atom. The lowest BCUT2D eigenvalue weighted by Gasteiger charge is -2.22. The molecule has 0 saturated carbocycles. The second-order valence-corrected chi connectivity index (χ2v) is 12.5. The minimum atomic E-state index is -1.20. The number of phenolic OH excluding ortho intramolecular Hbond substituents is 1. The second kappa shape index (κ2) is 22.4. The number of carbonyl (C=O) groups excluding carboxylic acids is 5. The number of aliphatic carboxylic acids is 1. The molecule has 0 aromatic heterocycles. The van der Waals surface area contributed by atoms with Crippen LogP contribution in [0.15, 0.2) is 59.6 Å². The maximum absolute atomic E-state index is 13.1. The molecular weight excluding hydrogens is 682 g/mol. The van der Waals surface area contributed by atoms with E-state index in [2.05, 4.69) is 31.6 Å². The number of benzene rings is 2. The number of nitrogens with zero attached hydrogens (tertiary/aromatic N) is 1. The molecule has 17 nitrogen and oxygen atoms in total. The highest BCUT2D eigenvalue weighted by atomic mass is 32.2. The number of carboxylic acid groups (broad SMARTS) is 1. The van der Waals surface area contributed by atoms with E-state index in [-0.39, 0.29) is 43.9 Å². The van der Waals surface area contributed by atoms with Crippen molar-refractivity contribution < 1.29 is 39.0 Å². The Hall–Kier alpha value is -5.36. The van der Waals surface area contributed by atoms with Gasteiger partial charge in [0.25, 0.3) is 0 Å². The number of hydrogen-bond donors (Lipinski definition) is 10. The smallest absolute Gasteiger partial charge is 0.326 e. The summed E-state index contributed by atoms with van der Waals surface area (Å²) in [5, 5.41) is 31.6. The summed E-state index contributed by atoms with van der Waals surface area (Å²) < 4.78 is 0. The Morgan fingerprint density at radius 1 is 0.745 bits per heavy atom. The van der Waals surface area contributed by atoms with E-state index in [1.54, 1.807) is 42.5 Å². The molecule has 2 rings (SSSR count). The summed E-state index contributed by atoms with van der Waals surface area (Å²) in [6, 6.07) is 10.3. The first-order valence-electron chi connectivity index (χ1n) is 16.1. The molecule has 0 bridgehead atoms. The fourth-order valence-corrected chi connectivity index (χ4v) is 5.08. The summed E-state index contributed by atoms with van der Waals surface area (Å²) in [6.07, 6.45) is 2.70. The lowest BCUT2D eigenvalue weighted by molar-refractivity contribution is -0.142. The zero-order chi connectivity index (χ0) is 37.8. The van der Waals surface area contributed by atoms with Crippen LogP contribution in [0.1, 0.15) is 30.4 Å². The van der Waals surface area contributed by atoms with Crippen molar-refractivity contribution in [2.45, 2.75) is 56.3 Å². The molecule has 2 aromatic rings. The predicted molar refractivity (Wildman–Crippen MR) is 192 cm³/mol. The molecule has 0 aliphatic carbocycles. The molecule has 0 radical (unpaired) electrons. The van der Waals surface area contributed by atoms with E-state index < -0.39 is 72.8 Å². The van der Waals surface area contributed by atoms with Crippen molar-refractivity contribution in [3.05, 3.63) is 65.7 Å². The van der Waals surface area contributed by atoms with Crippen LogP contribution in [0.2, 0.25) is 0 Å². The van der Waals surface area contributed by atoms with E-state index >= 15 is 0 Å². The highest BCUT2D eigenvalue weighted by Crippen LogP contribution is 2.12. The summed E-state index contributed by atoms with van der Waals surface area (Å²) in [7, 11) is 0. The van der Waals surface area contributed by atoms with Gasteiger partial charge in [-0.1, -0.05) is 42.5 Å². The van der Waals surface area contributed by atoms with E-state index in [1.165, 1.54) is 23.9 Å². The third-order valence-corrected chi connectivity index (χ3v) is 7.99. The Labute approximate surface area is 299 Å². The monoisotopic (exact) mass is 729 g/mol. The van der Waals surface area contributed by atoms with Gasteiger partial charge in [0.1, 0.15) is 23.9 Å². The average molecular weight is 730 g/mol. The average Bonchev–Trinajstić information content (AvgIpc) is 3.10. The van der Waals surface area contributed by atoms with Crippen LogP contribution in [0, 0.1) is 0 Å². The molecule has 2 aromatic carbocycles. The first-order valence-corrected chi connectivity index (χ1v) is 17.5. The quantitative estimate of drug-likeness (QED) is 0.0361. The van der Waals surface area contributed by atoms with Gasteiger partial charge in [0.2, 0.25) is 29.5 Å². The van der Waals surface area contributed by atoms with Gasteiger partial charge in [0.05, 0.1) is 19.1 Å². The molecule has 0 saturated heterocycles. The molecule has 278 valence electrons. The lowest BCUT2D eigenvalue weighted by atomic mass is 10.0. The number of aromatic hydroxyl groups is 1. The van der Waals surface area contributed by atoms with Crippen LogP contribution in [0.5, 0.6) is 5.75 Å². The first-order chi connectivity index (χ1) is 24.3. The van der Waals surface area contributed by atoms with Crippen LogP contribution >= 0.6 is 11.8 Å². The number of thioether (sulfide) groups is 1. The van der Waals surface area contributed by atoms with Crippen LogP contribution in [0.25, 0.3) is 0 Å². The minimum absolute atomic E-state index is 0.00742. The maximum atomic E-state index is 13.1. The third-order valence-electron chi connectivity index (χ3n) is 7.34. The van der Waals surface area contributed by atoms with Crippen molar-refractivity contribution >= 4 is 53.2 Å². The number of nitrogens with one attached hydrogen (secondary N) is 5. The second-order valence-electron chi connectivity index (χ2n) is 11.5. The zero-order valence-electron chi connectivity index (χ0n) is 28.3. The van der Waals surface area contributed by atoms with Gasteiger partial charge in [-0.25, -0.2) is 4.79 Å². The Morgan fingerprint density at radius 3 is 1.94 bits per heavy atom. The van der Waals surface area contributed by atoms with Gasteiger partial charge in [0, 0.05) is 19.4 Å².